The third-order valence-corrected chi connectivity index (χ3v) is 5.22. The Morgan fingerprint density at radius 1 is 1.12 bits per heavy atom. The van der Waals surface area contributed by atoms with E-state index in [-0.39, 0.29) is 5.92 Å². The summed E-state index contributed by atoms with van der Waals surface area (Å²) in [6.07, 6.45) is 11.3. The summed E-state index contributed by atoms with van der Waals surface area (Å²) in [7, 11) is 0. The van der Waals surface area contributed by atoms with E-state index in [1.165, 1.54) is 25.7 Å². The minimum Gasteiger partial charge on any atom is -0.389 e. The molecule has 0 aliphatic heterocycles. The molecular formula is C15H25NO. The van der Waals surface area contributed by atoms with E-state index in [1.54, 1.807) is 0 Å². The summed E-state index contributed by atoms with van der Waals surface area (Å²) < 4.78 is 0. The van der Waals surface area contributed by atoms with Crippen molar-refractivity contribution in [2.45, 2.75) is 76.7 Å². The molecule has 1 N–H and O–H groups in total. The van der Waals surface area contributed by atoms with Crippen LogP contribution in [0.2, 0.25) is 0 Å². The van der Waals surface area contributed by atoms with Gasteiger partial charge in [0, 0.05) is 0 Å². The van der Waals surface area contributed by atoms with Gasteiger partial charge in [0.1, 0.15) is 0 Å². The van der Waals surface area contributed by atoms with E-state index in [0.29, 0.717) is 5.41 Å². The molecule has 0 aromatic heterocycles. The molecule has 0 aromatic rings. The molecule has 1 spiro atoms. The van der Waals surface area contributed by atoms with Crippen LogP contribution in [0.3, 0.4) is 0 Å². The molecule has 0 radical (unpaired) electrons. The van der Waals surface area contributed by atoms with Gasteiger partial charge in [0.2, 0.25) is 0 Å². The number of aliphatic hydroxyl groups is 1. The second-order valence-electron chi connectivity index (χ2n) is 6.28. The normalized spacial score (nSPS) is 27.8. The van der Waals surface area contributed by atoms with E-state index in [0.717, 1.165) is 38.5 Å². The van der Waals surface area contributed by atoms with E-state index < -0.39 is 5.60 Å². The smallest absolute Gasteiger partial charge is 0.0805 e. The van der Waals surface area contributed by atoms with Gasteiger partial charge in [0.25, 0.3) is 0 Å². The Bertz CT molecular complexity index is 289. The maximum Gasteiger partial charge on any atom is 0.0805 e. The molecule has 0 amide bonds. The van der Waals surface area contributed by atoms with Gasteiger partial charge in [-0.15, -0.1) is 0 Å². The molecule has 2 rings (SSSR count). The van der Waals surface area contributed by atoms with Crippen molar-refractivity contribution in [3.05, 3.63) is 0 Å². The van der Waals surface area contributed by atoms with E-state index in [2.05, 4.69) is 13.0 Å². The van der Waals surface area contributed by atoms with Gasteiger partial charge >= 0.3 is 0 Å². The highest BCUT2D eigenvalue weighted by molar-refractivity contribution is 5.04. The SMILES string of the molecule is CCCC(C#N)C1(O)CCC2(CCCC2)CC1. The Kier molecular flexibility index (Phi) is 3.78. The molecule has 1 atom stereocenters. The average molecular weight is 235 g/mol. The number of nitrogens with zero attached hydrogens (tertiary/aromatic N) is 1. The Hall–Kier alpha value is -0.550. The van der Waals surface area contributed by atoms with Gasteiger partial charge in [0.05, 0.1) is 17.6 Å². The van der Waals surface area contributed by atoms with Crippen molar-refractivity contribution in [3.63, 3.8) is 0 Å². The largest absolute Gasteiger partial charge is 0.389 e. The molecule has 0 bridgehead atoms. The molecular weight excluding hydrogens is 210 g/mol. The number of hydrogen-bond acceptors (Lipinski definition) is 2. The zero-order chi connectivity index (χ0) is 12.4. The monoisotopic (exact) mass is 235 g/mol. The fourth-order valence-electron chi connectivity index (χ4n) is 3.93. The molecule has 2 heteroatoms. The first-order valence-corrected chi connectivity index (χ1v) is 7.26. The summed E-state index contributed by atoms with van der Waals surface area (Å²) >= 11 is 0. The van der Waals surface area contributed by atoms with Gasteiger partial charge in [-0.05, 0) is 50.4 Å². The first-order valence-electron chi connectivity index (χ1n) is 7.26. The topological polar surface area (TPSA) is 44.0 Å². The molecule has 96 valence electrons. The zero-order valence-electron chi connectivity index (χ0n) is 11.0. The quantitative estimate of drug-likeness (QED) is 0.808. The van der Waals surface area contributed by atoms with Crippen molar-refractivity contribution in [1.82, 2.24) is 0 Å². The Labute approximate surface area is 105 Å². The summed E-state index contributed by atoms with van der Waals surface area (Å²) in [5, 5.41) is 19.9. The lowest BCUT2D eigenvalue weighted by molar-refractivity contribution is -0.0630. The molecule has 2 saturated carbocycles. The van der Waals surface area contributed by atoms with Gasteiger partial charge in [-0.2, -0.15) is 5.26 Å². The van der Waals surface area contributed by atoms with Crippen LogP contribution >= 0.6 is 0 Å². The van der Waals surface area contributed by atoms with Crippen LogP contribution in [-0.4, -0.2) is 10.7 Å². The lowest BCUT2D eigenvalue weighted by atomic mass is 9.64. The van der Waals surface area contributed by atoms with Crippen LogP contribution < -0.4 is 0 Å². The number of rotatable bonds is 3. The molecule has 2 nitrogen and oxygen atoms in total. The first kappa shape index (κ1) is 12.9. The van der Waals surface area contributed by atoms with Crippen LogP contribution in [0, 0.1) is 22.7 Å². The summed E-state index contributed by atoms with van der Waals surface area (Å²) in [5.41, 5.74) is -0.142. The van der Waals surface area contributed by atoms with Gasteiger partial charge in [-0.3, -0.25) is 0 Å². The molecule has 0 aromatic carbocycles. The predicted octanol–water partition coefficient (Wildman–Crippen LogP) is 3.79. The standard InChI is InChI=1S/C15H25NO/c1-2-5-13(12-16)15(17)10-8-14(9-11-15)6-3-4-7-14/h13,17H,2-11H2,1H3. The van der Waals surface area contributed by atoms with Gasteiger partial charge in [0.15, 0.2) is 0 Å². The Morgan fingerprint density at radius 2 is 1.71 bits per heavy atom. The first-order chi connectivity index (χ1) is 8.14. The Morgan fingerprint density at radius 3 is 2.18 bits per heavy atom. The summed E-state index contributed by atoms with van der Waals surface area (Å²) in [4.78, 5) is 0. The number of nitriles is 1. The zero-order valence-corrected chi connectivity index (χ0v) is 11.0. The van der Waals surface area contributed by atoms with Crippen LogP contribution in [-0.2, 0) is 0 Å². The van der Waals surface area contributed by atoms with E-state index in [9.17, 15) is 10.4 Å². The fourth-order valence-corrected chi connectivity index (χ4v) is 3.93. The molecule has 2 aliphatic carbocycles. The molecule has 17 heavy (non-hydrogen) atoms. The minimum absolute atomic E-state index is 0.147. The van der Waals surface area contributed by atoms with Gasteiger partial charge in [-0.1, -0.05) is 26.2 Å². The average Bonchev–Trinajstić information content (AvgIpc) is 2.79. The Balaban J connectivity index is 1.98. The third-order valence-electron chi connectivity index (χ3n) is 5.22. The van der Waals surface area contributed by atoms with Gasteiger partial charge in [-0.25, -0.2) is 0 Å². The lowest BCUT2D eigenvalue weighted by Crippen LogP contribution is -2.43. The molecule has 2 aliphatic rings. The van der Waals surface area contributed by atoms with E-state index >= 15 is 0 Å². The lowest BCUT2D eigenvalue weighted by Gasteiger charge is -2.44. The maximum atomic E-state index is 10.7. The fraction of sp³-hybridized carbons (Fsp3) is 0.933. The molecule has 1 unspecified atom stereocenters. The molecule has 2 fully saturated rings. The highest BCUT2D eigenvalue weighted by atomic mass is 16.3. The van der Waals surface area contributed by atoms with Crippen molar-refractivity contribution in [1.29, 1.82) is 5.26 Å². The second-order valence-corrected chi connectivity index (χ2v) is 6.28. The van der Waals surface area contributed by atoms with Crippen molar-refractivity contribution < 1.29 is 5.11 Å². The van der Waals surface area contributed by atoms with Crippen molar-refractivity contribution in [3.8, 4) is 6.07 Å². The van der Waals surface area contributed by atoms with Crippen molar-refractivity contribution >= 4 is 0 Å². The van der Waals surface area contributed by atoms with Crippen LogP contribution in [0.25, 0.3) is 0 Å². The van der Waals surface area contributed by atoms with Crippen LogP contribution in [0.15, 0.2) is 0 Å². The highest BCUT2D eigenvalue weighted by Crippen LogP contribution is 2.52. The highest BCUT2D eigenvalue weighted by Gasteiger charge is 2.46. The van der Waals surface area contributed by atoms with Crippen LogP contribution in [0.5, 0.6) is 0 Å². The molecule has 0 saturated heterocycles. The second kappa shape index (κ2) is 4.98. The van der Waals surface area contributed by atoms with Crippen molar-refractivity contribution in [2.24, 2.45) is 11.3 Å². The van der Waals surface area contributed by atoms with Crippen LogP contribution in [0.4, 0.5) is 0 Å². The summed E-state index contributed by atoms with van der Waals surface area (Å²) in [6, 6.07) is 2.34. The third kappa shape index (κ3) is 2.50. The minimum atomic E-state index is -0.682. The van der Waals surface area contributed by atoms with Gasteiger partial charge < -0.3 is 5.11 Å². The van der Waals surface area contributed by atoms with Crippen LogP contribution in [0.1, 0.15) is 71.1 Å². The maximum absolute atomic E-state index is 10.7. The summed E-state index contributed by atoms with van der Waals surface area (Å²) in [6.45, 7) is 2.09. The van der Waals surface area contributed by atoms with E-state index in [1.807, 2.05) is 0 Å². The predicted molar refractivity (Wildman–Crippen MR) is 68.3 cm³/mol. The number of hydrogen-bond donors (Lipinski definition) is 1. The van der Waals surface area contributed by atoms with Crippen molar-refractivity contribution in [2.75, 3.05) is 0 Å². The molecule has 0 heterocycles. The van der Waals surface area contributed by atoms with E-state index in [4.69, 9.17) is 0 Å². The summed E-state index contributed by atoms with van der Waals surface area (Å²) in [5.74, 6) is -0.147.